The van der Waals surface area contributed by atoms with Crippen molar-refractivity contribution in [2.24, 2.45) is 5.73 Å². The fourth-order valence-corrected chi connectivity index (χ4v) is 1.50. The van der Waals surface area contributed by atoms with Crippen molar-refractivity contribution in [2.45, 2.75) is 10.9 Å². The maximum atomic E-state index is 9.52. The second-order valence-electron chi connectivity index (χ2n) is 2.71. The van der Waals surface area contributed by atoms with Crippen molar-refractivity contribution in [3.05, 3.63) is 23.8 Å². The molecule has 13 heavy (non-hydrogen) atoms. The van der Waals surface area contributed by atoms with Gasteiger partial charge < -0.3 is 15.9 Å². The predicted octanol–water partition coefficient (Wildman–Crippen LogP) is 1.11. The van der Waals surface area contributed by atoms with Crippen molar-refractivity contribution in [3.63, 3.8) is 0 Å². The smallest absolute Gasteiger partial charge is 0.121 e. The van der Waals surface area contributed by atoms with Crippen molar-refractivity contribution >= 4 is 11.8 Å². The quantitative estimate of drug-likeness (QED) is 0.638. The third-order valence-electron chi connectivity index (χ3n) is 1.83. The Kier molecular flexibility index (Phi) is 3.59. The number of rotatable bonds is 3. The third kappa shape index (κ3) is 2.37. The number of nitrogens with two attached hydrogens (primary N) is 1. The lowest BCUT2D eigenvalue weighted by Crippen LogP contribution is -2.14. The first-order valence-electron chi connectivity index (χ1n) is 3.92. The van der Waals surface area contributed by atoms with Crippen LogP contribution in [-0.4, -0.2) is 23.1 Å². The maximum Gasteiger partial charge on any atom is 0.121 e. The number of aliphatic hydroxyl groups is 1. The van der Waals surface area contributed by atoms with Gasteiger partial charge in [-0.1, -0.05) is 6.07 Å². The van der Waals surface area contributed by atoms with Crippen LogP contribution in [0.15, 0.2) is 23.1 Å². The van der Waals surface area contributed by atoms with Crippen molar-refractivity contribution < 1.29 is 10.2 Å². The Hall–Kier alpha value is -0.710. The lowest BCUT2D eigenvalue weighted by Gasteiger charge is -2.11. The van der Waals surface area contributed by atoms with Crippen molar-refractivity contribution in [1.29, 1.82) is 0 Å². The van der Waals surface area contributed by atoms with Crippen LogP contribution in [0.2, 0.25) is 0 Å². The molecule has 0 saturated heterocycles. The average molecular weight is 199 g/mol. The molecule has 0 amide bonds. The summed E-state index contributed by atoms with van der Waals surface area (Å²) in [4.78, 5) is 0.978. The highest BCUT2D eigenvalue weighted by Crippen LogP contribution is 2.27. The summed E-state index contributed by atoms with van der Waals surface area (Å²) in [6.45, 7) is -0.161. The molecule has 0 aliphatic carbocycles. The first-order chi connectivity index (χ1) is 6.19. The van der Waals surface area contributed by atoms with Crippen LogP contribution in [0.3, 0.4) is 0 Å². The number of phenols is 1. The molecule has 4 heteroatoms. The second-order valence-corrected chi connectivity index (χ2v) is 3.59. The monoisotopic (exact) mass is 199 g/mol. The first-order valence-corrected chi connectivity index (χ1v) is 5.15. The van der Waals surface area contributed by atoms with Crippen LogP contribution in [-0.2, 0) is 0 Å². The van der Waals surface area contributed by atoms with Gasteiger partial charge in [-0.05, 0) is 18.4 Å². The molecule has 1 aromatic rings. The highest BCUT2D eigenvalue weighted by atomic mass is 32.2. The summed E-state index contributed by atoms with van der Waals surface area (Å²) in [5, 5.41) is 18.3. The van der Waals surface area contributed by atoms with Gasteiger partial charge in [-0.15, -0.1) is 11.8 Å². The van der Waals surface area contributed by atoms with Gasteiger partial charge >= 0.3 is 0 Å². The summed E-state index contributed by atoms with van der Waals surface area (Å²) in [7, 11) is 0. The average Bonchev–Trinajstić information content (AvgIpc) is 2.16. The molecular weight excluding hydrogens is 186 g/mol. The zero-order chi connectivity index (χ0) is 9.84. The molecule has 4 N–H and O–H groups in total. The number of phenolic OH excluding ortho intramolecular Hbond substituents is 1. The lowest BCUT2D eigenvalue weighted by atomic mass is 10.1. The van der Waals surface area contributed by atoms with E-state index in [1.54, 1.807) is 23.9 Å². The van der Waals surface area contributed by atoms with Crippen LogP contribution in [0.5, 0.6) is 5.75 Å². The minimum atomic E-state index is -0.504. The second kappa shape index (κ2) is 4.50. The number of aromatic hydroxyl groups is 1. The summed E-state index contributed by atoms with van der Waals surface area (Å²) < 4.78 is 0. The fraction of sp³-hybridized carbons (Fsp3) is 0.333. The molecule has 0 heterocycles. The SMILES string of the molecule is CSc1ccc(C(N)CO)c(O)c1. The standard InChI is InChI=1S/C9H13NO2S/c1-13-6-2-3-7(8(10)5-11)9(12)4-6/h2-4,8,11-12H,5,10H2,1H3. The Morgan fingerprint density at radius 3 is 2.69 bits per heavy atom. The van der Waals surface area contributed by atoms with E-state index in [1.165, 1.54) is 0 Å². The minimum Gasteiger partial charge on any atom is -0.508 e. The Morgan fingerprint density at radius 1 is 1.54 bits per heavy atom. The van der Waals surface area contributed by atoms with E-state index in [0.717, 1.165) is 4.90 Å². The van der Waals surface area contributed by atoms with Gasteiger partial charge in [-0.3, -0.25) is 0 Å². The van der Waals surface area contributed by atoms with E-state index >= 15 is 0 Å². The Morgan fingerprint density at radius 2 is 2.23 bits per heavy atom. The zero-order valence-electron chi connectivity index (χ0n) is 7.40. The van der Waals surface area contributed by atoms with E-state index in [4.69, 9.17) is 10.8 Å². The molecule has 1 rings (SSSR count). The van der Waals surface area contributed by atoms with Crippen LogP contribution in [0.25, 0.3) is 0 Å². The van der Waals surface area contributed by atoms with Gasteiger partial charge in [0.05, 0.1) is 12.6 Å². The molecular formula is C9H13NO2S. The van der Waals surface area contributed by atoms with Crippen LogP contribution in [0, 0.1) is 0 Å². The number of hydrogen-bond donors (Lipinski definition) is 3. The zero-order valence-corrected chi connectivity index (χ0v) is 8.21. The molecule has 0 bridgehead atoms. The Labute approximate surface area is 81.6 Å². The molecule has 0 saturated carbocycles. The van der Waals surface area contributed by atoms with Crippen LogP contribution < -0.4 is 5.73 Å². The number of hydrogen-bond acceptors (Lipinski definition) is 4. The van der Waals surface area contributed by atoms with E-state index in [1.807, 2.05) is 12.3 Å². The normalized spacial score (nSPS) is 12.8. The van der Waals surface area contributed by atoms with Crippen molar-refractivity contribution in [1.82, 2.24) is 0 Å². The Bertz CT molecular complexity index is 291. The molecule has 3 nitrogen and oxygen atoms in total. The van der Waals surface area contributed by atoms with E-state index < -0.39 is 6.04 Å². The van der Waals surface area contributed by atoms with E-state index in [-0.39, 0.29) is 12.4 Å². The number of thioether (sulfide) groups is 1. The number of benzene rings is 1. The molecule has 0 spiro atoms. The lowest BCUT2D eigenvalue weighted by molar-refractivity contribution is 0.265. The van der Waals surface area contributed by atoms with Gasteiger partial charge in [0.15, 0.2) is 0 Å². The van der Waals surface area contributed by atoms with E-state index in [9.17, 15) is 5.11 Å². The van der Waals surface area contributed by atoms with Crippen molar-refractivity contribution in [2.75, 3.05) is 12.9 Å². The van der Waals surface area contributed by atoms with Gasteiger partial charge in [0.1, 0.15) is 5.75 Å². The number of aliphatic hydroxyl groups excluding tert-OH is 1. The summed E-state index contributed by atoms with van der Waals surface area (Å²) in [6.07, 6.45) is 1.93. The van der Waals surface area contributed by atoms with E-state index in [2.05, 4.69) is 0 Å². The molecule has 1 atom stereocenters. The largest absolute Gasteiger partial charge is 0.508 e. The van der Waals surface area contributed by atoms with Gasteiger partial charge in [0.25, 0.3) is 0 Å². The summed E-state index contributed by atoms with van der Waals surface area (Å²) >= 11 is 1.55. The van der Waals surface area contributed by atoms with Gasteiger partial charge in [0.2, 0.25) is 0 Å². The van der Waals surface area contributed by atoms with E-state index in [0.29, 0.717) is 5.56 Å². The Balaban J connectivity index is 2.98. The molecule has 0 fully saturated rings. The molecule has 0 radical (unpaired) electrons. The predicted molar refractivity (Wildman–Crippen MR) is 53.9 cm³/mol. The summed E-state index contributed by atoms with van der Waals surface area (Å²) in [5.41, 5.74) is 6.15. The van der Waals surface area contributed by atoms with Crippen molar-refractivity contribution in [3.8, 4) is 5.75 Å². The topological polar surface area (TPSA) is 66.5 Å². The fourth-order valence-electron chi connectivity index (χ4n) is 1.06. The maximum absolute atomic E-state index is 9.52. The minimum absolute atomic E-state index is 0.147. The summed E-state index contributed by atoms with van der Waals surface area (Å²) in [5.74, 6) is 0.147. The van der Waals surface area contributed by atoms with Gasteiger partial charge in [-0.25, -0.2) is 0 Å². The molecule has 72 valence electrons. The summed E-state index contributed by atoms with van der Waals surface area (Å²) in [6, 6.07) is 4.75. The highest BCUT2D eigenvalue weighted by molar-refractivity contribution is 7.98. The molecule has 1 aromatic carbocycles. The van der Waals surface area contributed by atoms with Crippen LogP contribution in [0.4, 0.5) is 0 Å². The molecule has 0 aromatic heterocycles. The van der Waals surface area contributed by atoms with Gasteiger partial charge in [0, 0.05) is 10.5 Å². The van der Waals surface area contributed by atoms with Crippen LogP contribution in [0.1, 0.15) is 11.6 Å². The van der Waals surface area contributed by atoms with Crippen LogP contribution >= 0.6 is 11.8 Å². The van der Waals surface area contributed by atoms with Gasteiger partial charge in [-0.2, -0.15) is 0 Å². The molecule has 0 aliphatic heterocycles. The molecule has 1 unspecified atom stereocenters. The third-order valence-corrected chi connectivity index (χ3v) is 2.56. The highest BCUT2D eigenvalue weighted by Gasteiger charge is 2.09. The first kappa shape index (κ1) is 10.4. The molecule has 0 aliphatic rings.